The third kappa shape index (κ3) is 13.1. The summed E-state index contributed by atoms with van der Waals surface area (Å²) in [7, 11) is 3.44. The van der Waals surface area contributed by atoms with Crippen molar-refractivity contribution in [1.82, 2.24) is 16.0 Å². The third-order valence-corrected chi connectivity index (χ3v) is 8.38. The fourth-order valence-corrected chi connectivity index (χ4v) is 5.06. The molecule has 0 spiro atoms. The van der Waals surface area contributed by atoms with Crippen LogP contribution in [0.25, 0.3) is 0 Å². The first-order valence-electron chi connectivity index (χ1n) is 16.3. The molecule has 5 unspecified atom stereocenters. The maximum Gasteiger partial charge on any atom is 0.243 e. The molecule has 2 amide bonds. The van der Waals surface area contributed by atoms with Crippen LogP contribution in [0.3, 0.4) is 0 Å². The van der Waals surface area contributed by atoms with Gasteiger partial charge in [-0.05, 0) is 56.3 Å². The van der Waals surface area contributed by atoms with Crippen LogP contribution in [0.4, 0.5) is 0 Å². The lowest BCUT2D eigenvalue weighted by Crippen LogP contribution is -2.53. The number of ether oxygens (including phenoxy) is 3. The number of hydrogen-bond donors (Lipinski definition) is 4. The number of likely N-dealkylation sites (N-methyl/N-ethyl adjacent to an activating group) is 1. The molecule has 0 aromatic heterocycles. The summed E-state index contributed by atoms with van der Waals surface area (Å²) in [4.78, 5) is 26.8. The Hall–Kier alpha value is -2.98. The Bertz CT molecular complexity index is 1160. The number of aryl methyl sites for hydroxylation is 2. The van der Waals surface area contributed by atoms with Crippen LogP contribution in [0.1, 0.15) is 69.2 Å². The second kappa shape index (κ2) is 20.2. The quantitative estimate of drug-likeness (QED) is 0.148. The highest BCUT2D eigenvalue weighted by atomic mass is 16.5. The molecule has 0 saturated heterocycles. The van der Waals surface area contributed by atoms with Crippen molar-refractivity contribution in [3.05, 3.63) is 64.7 Å². The molecule has 0 fully saturated rings. The number of benzene rings is 2. The summed E-state index contributed by atoms with van der Waals surface area (Å²) in [6, 6.07) is 13.0. The first-order chi connectivity index (χ1) is 21.5. The number of aliphatic hydroxyl groups excluding tert-OH is 1. The zero-order valence-electron chi connectivity index (χ0n) is 28.7. The number of methoxy groups -OCH3 is 1. The van der Waals surface area contributed by atoms with Gasteiger partial charge in [0.25, 0.3) is 0 Å². The van der Waals surface area contributed by atoms with Gasteiger partial charge >= 0.3 is 0 Å². The van der Waals surface area contributed by atoms with Crippen molar-refractivity contribution in [2.75, 3.05) is 34.0 Å². The molecule has 0 aliphatic heterocycles. The van der Waals surface area contributed by atoms with Gasteiger partial charge in [-0.2, -0.15) is 0 Å². The zero-order chi connectivity index (χ0) is 33.4. The maximum absolute atomic E-state index is 13.6. The van der Waals surface area contributed by atoms with E-state index in [1.807, 2.05) is 84.0 Å². The maximum atomic E-state index is 13.6. The minimum atomic E-state index is -0.839. The number of carbonyl (C=O) groups excluding carboxylic acids is 2. The SMILES string of the molecule is CCC(C)C(NC(=O)C(CC(O)C(COCc1ccc(C)cc1OCCCOC)NC)C(C)C)C(=O)NCc1ccc(C)cc1. The molecule has 2 aromatic rings. The Labute approximate surface area is 270 Å². The van der Waals surface area contributed by atoms with Crippen LogP contribution in [0.15, 0.2) is 42.5 Å². The first-order valence-corrected chi connectivity index (χ1v) is 16.3. The summed E-state index contributed by atoms with van der Waals surface area (Å²) in [5, 5.41) is 20.4. The molecule has 9 heteroatoms. The Balaban J connectivity index is 2.00. The highest BCUT2D eigenvalue weighted by Crippen LogP contribution is 2.23. The molecular formula is C36H57N3O6. The molecule has 252 valence electrons. The van der Waals surface area contributed by atoms with Gasteiger partial charge in [-0.1, -0.05) is 76.1 Å². The summed E-state index contributed by atoms with van der Waals surface area (Å²) >= 11 is 0. The summed E-state index contributed by atoms with van der Waals surface area (Å²) in [6.07, 6.45) is 0.917. The molecule has 4 N–H and O–H groups in total. The van der Waals surface area contributed by atoms with Gasteiger partial charge in [-0.3, -0.25) is 9.59 Å². The van der Waals surface area contributed by atoms with E-state index in [2.05, 4.69) is 16.0 Å². The minimum Gasteiger partial charge on any atom is -0.493 e. The molecule has 0 aliphatic carbocycles. The number of aliphatic hydroxyl groups is 1. The number of hydrogen-bond acceptors (Lipinski definition) is 7. The molecular weight excluding hydrogens is 570 g/mol. The van der Waals surface area contributed by atoms with Crippen molar-refractivity contribution < 1.29 is 28.9 Å². The first kappa shape index (κ1) is 38.2. The summed E-state index contributed by atoms with van der Waals surface area (Å²) in [6.45, 7) is 14.1. The van der Waals surface area contributed by atoms with Gasteiger partial charge < -0.3 is 35.3 Å². The molecule has 0 radical (unpaired) electrons. The zero-order valence-corrected chi connectivity index (χ0v) is 28.7. The Morgan fingerprint density at radius 3 is 2.27 bits per heavy atom. The van der Waals surface area contributed by atoms with Gasteiger partial charge in [0.2, 0.25) is 11.8 Å². The lowest BCUT2D eigenvalue weighted by Gasteiger charge is -2.30. The van der Waals surface area contributed by atoms with Crippen molar-refractivity contribution in [2.45, 2.75) is 92.1 Å². The summed E-state index contributed by atoms with van der Waals surface area (Å²) < 4.78 is 17.1. The van der Waals surface area contributed by atoms with Gasteiger partial charge in [0, 0.05) is 38.2 Å². The van der Waals surface area contributed by atoms with Crippen LogP contribution < -0.4 is 20.7 Å². The normalized spacial score (nSPS) is 14.8. The minimum absolute atomic E-state index is 0.0448. The Morgan fingerprint density at radius 1 is 0.956 bits per heavy atom. The van der Waals surface area contributed by atoms with E-state index in [0.717, 1.165) is 40.8 Å². The number of nitrogens with one attached hydrogen (secondary N) is 3. The summed E-state index contributed by atoms with van der Waals surface area (Å²) in [5.41, 5.74) is 4.18. The van der Waals surface area contributed by atoms with E-state index in [4.69, 9.17) is 14.2 Å². The average molecular weight is 628 g/mol. The van der Waals surface area contributed by atoms with Gasteiger partial charge in [-0.15, -0.1) is 0 Å². The monoisotopic (exact) mass is 627 g/mol. The van der Waals surface area contributed by atoms with Gasteiger partial charge in [-0.25, -0.2) is 0 Å². The Morgan fingerprint density at radius 2 is 1.64 bits per heavy atom. The van der Waals surface area contributed by atoms with Crippen LogP contribution >= 0.6 is 0 Å². The van der Waals surface area contributed by atoms with Crippen LogP contribution in [-0.4, -0.2) is 69.1 Å². The number of amides is 2. The molecule has 0 aliphatic rings. The van der Waals surface area contributed by atoms with Crippen LogP contribution in [0, 0.1) is 31.6 Å². The van der Waals surface area contributed by atoms with Crippen molar-refractivity contribution in [2.24, 2.45) is 17.8 Å². The predicted molar refractivity (Wildman–Crippen MR) is 179 cm³/mol. The van der Waals surface area contributed by atoms with Gasteiger partial charge in [0.1, 0.15) is 11.8 Å². The van der Waals surface area contributed by atoms with E-state index in [0.29, 0.717) is 26.4 Å². The van der Waals surface area contributed by atoms with E-state index in [1.54, 1.807) is 14.2 Å². The van der Waals surface area contributed by atoms with Gasteiger partial charge in [0.15, 0.2) is 0 Å². The van der Waals surface area contributed by atoms with E-state index in [9.17, 15) is 14.7 Å². The molecule has 5 atom stereocenters. The lowest BCUT2D eigenvalue weighted by molar-refractivity contribution is -0.134. The predicted octanol–water partition coefficient (Wildman–Crippen LogP) is 4.69. The number of rotatable bonds is 21. The largest absolute Gasteiger partial charge is 0.493 e. The van der Waals surface area contributed by atoms with E-state index >= 15 is 0 Å². The highest BCUT2D eigenvalue weighted by Gasteiger charge is 2.33. The van der Waals surface area contributed by atoms with Gasteiger partial charge in [0.05, 0.1) is 32.0 Å². The topological polar surface area (TPSA) is 118 Å². The van der Waals surface area contributed by atoms with Crippen molar-refractivity contribution in [1.29, 1.82) is 0 Å². The molecule has 0 saturated carbocycles. The van der Waals surface area contributed by atoms with Crippen molar-refractivity contribution in [3.8, 4) is 5.75 Å². The molecule has 45 heavy (non-hydrogen) atoms. The van der Waals surface area contributed by atoms with Crippen LogP contribution in [0.5, 0.6) is 5.75 Å². The average Bonchev–Trinajstić information content (AvgIpc) is 3.02. The lowest BCUT2D eigenvalue weighted by atomic mass is 9.86. The van der Waals surface area contributed by atoms with Crippen molar-refractivity contribution >= 4 is 11.8 Å². The molecule has 0 bridgehead atoms. The Kier molecular flexibility index (Phi) is 17.2. The van der Waals surface area contributed by atoms with E-state index in [1.165, 1.54) is 0 Å². The number of carbonyl (C=O) groups is 2. The smallest absolute Gasteiger partial charge is 0.243 e. The fourth-order valence-electron chi connectivity index (χ4n) is 5.06. The van der Waals surface area contributed by atoms with Crippen molar-refractivity contribution in [3.63, 3.8) is 0 Å². The fraction of sp³-hybridized carbons (Fsp3) is 0.611. The van der Waals surface area contributed by atoms with Crippen LogP contribution in [-0.2, 0) is 32.2 Å². The standard InChI is InChI=1S/C36H57N3O6/c1-9-27(6)34(36(42)38-21-28-14-11-25(4)12-15-28)39-35(41)30(24(2)3)20-32(40)31(37-7)23-44-22-29-16-13-26(5)19-33(29)45-18-10-17-43-8/h11-16,19,24,27,30-32,34,37,40H,9-10,17-18,20-23H2,1-8H3,(H,38,42)(H,39,41). The molecule has 2 rings (SSSR count). The highest BCUT2D eigenvalue weighted by molar-refractivity contribution is 5.88. The second-order valence-electron chi connectivity index (χ2n) is 12.4. The molecule has 9 nitrogen and oxygen atoms in total. The van der Waals surface area contributed by atoms with Crippen LogP contribution in [0.2, 0.25) is 0 Å². The van der Waals surface area contributed by atoms with E-state index < -0.39 is 24.1 Å². The molecule has 2 aromatic carbocycles. The third-order valence-electron chi connectivity index (χ3n) is 8.38. The summed E-state index contributed by atoms with van der Waals surface area (Å²) in [5.74, 6) is -0.249. The van der Waals surface area contributed by atoms with E-state index in [-0.39, 0.29) is 36.7 Å². The second-order valence-corrected chi connectivity index (χ2v) is 12.4. The molecule has 0 heterocycles.